The van der Waals surface area contributed by atoms with Gasteiger partial charge in [0, 0.05) is 9.61 Å². The lowest BCUT2D eigenvalue weighted by molar-refractivity contribution is 0.0532. The monoisotopic (exact) mass is 275 g/mol. The minimum absolute atomic E-state index is 0.220. The number of thiophene rings is 1. The molecule has 6 heteroatoms. The number of azide groups is 1. The molecule has 1 atom stereocenters. The molecular weight excluding hydrogens is 262 g/mol. The Morgan fingerprint density at radius 2 is 2.32 bits per heavy atom. The molecule has 0 saturated heterocycles. The van der Waals surface area contributed by atoms with Gasteiger partial charge < -0.3 is 4.74 Å². The fraction of sp³-hybridized carbons (Fsp3) is 0.308. The summed E-state index contributed by atoms with van der Waals surface area (Å²) in [7, 11) is 0. The van der Waals surface area contributed by atoms with Crippen molar-refractivity contribution in [2.45, 2.75) is 19.9 Å². The summed E-state index contributed by atoms with van der Waals surface area (Å²) in [5.74, 6) is -0.298. The number of rotatable bonds is 4. The van der Waals surface area contributed by atoms with E-state index in [1.54, 1.807) is 6.92 Å². The summed E-state index contributed by atoms with van der Waals surface area (Å²) < 4.78 is 5.97. The zero-order chi connectivity index (χ0) is 13.8. The van der Waals surface area contributed by atoms with Crippen molar-refractivity contribution in [2.24, 2.45) is 5.11 Å². The molecule has 0 bridgehead atoms. The third kappa shape index (κ3) is 2.86. The van der Waals surface area contributed by atoms with Gasteiger partial charge in [0.2, 0.25) is 0 Å². The van der Waals surface area contributed by atoms with Gasteiger partial charge in [-0.15, -0.1) is 11.3 Å². The summed E-state index contributed by atoms with van der Waals surface area (Å²) in [6.45, 7) is 3.98. The van der Waals surface area contributed by atoms with Crippen LogP contribution in [-0.4, -0.2) is 12.6 Å². The molecule has 0 aliphatic heterocycles. The molecule has 0 amide bonds. The van der Waals surface area contributed by atoms with Crippen LogP contribution < -0.4 is 0 Å². The fourth-order valence-electron chi connectivity index (χ4n) is 1.75. The van der Waals surface area contributed by atoms with Crippen LogP contribution in [0, 0.1) is 0 Å². The van der Waals surface area contributed by atoms with Crippen LogP contribution in [0.4, 0.5) is 0 Å². The Bertz CT molecular complexity index is 659. The van der Waals surface area contributed by atoms with Gasteiger partial charge in [-0.05, 0) is 35.5 Å². The number of esters is 1. The first-order valence-electron chi connectivity index (χ1n) is 5.90. The minimum Gasteiger partial charge on any atom is -0.462 e. The van der Waals surface area contributed by atoms with Gasteiger partial charge in [0.25, 0.3) is 0 Å². The molecule has 2 rings (SSSR count). The van der Waals surface area contributed by atoms with Crippen molar-refractivity contribution in [1.29, 1.82) is 0 Å². The van der Waals surface area contributed by atoms with Crippen LogP contribution in [0.25, 0.3) is 20.5 Å². The Kier molecular flexibility index (Phi) is 4.04. The van der Waals surface area contributed by atoms with E-state index < -0.39 is 0 Å². The number of benzene rings is 1. The first kappa shape index (κ1) is 13.4. The molecule has 5 nitrogen and oxygen atoms in total. The Balaban J connectivity index is 2.38. The number of fused-ring (bicyclic) bond motifs is 1. The van der Waals surface area contributed by atoms with E-state index >= 15 is 0 Å². The predicted molar refractivity (Wildman–Crippen MR) is 75.3 cm³/mol. The zero-order valence-electron chi connectivity index (χ0n) is 10.7. The highest BCUT2D eigenvalue weighted by atomic mass is 32.1. The number of ether oxygens (including phenoxy) is 1. The van der Waals surface area contributed by atoms with E-state index in [2.05, 4.69) is 10.0 Å². The largest absolute Gasteiger partial charge is 0.462 e. The average Bonchev–Trinajstić information content (AvgIpc) is 2.82. The van der Waals surface area contributed by atoms with Gasteiger partial charge in [0.05, 0.1) is 12.6 Å². The normalized spacial score (nSPS) is 11.9. The maximum absolute atomic E-state index is 11.7. The van der Waals surface area contributed by atoms with E-state index in [1.165, 1.54) is 11.3 Å². The quantitative estimate of drug-likeness (QED) is 0.358. The van der Waals surface area contributed by atoms with Crippen LogP contribution in [-0.2, 0) is 4.74 Å². The zero-order valence-corrected chi connectivity index (χ0v) is 11.5. The molecule has 0 fully saturated rings. The van der Waals surface area contributed by atoms with Crippen molar-refractivity contribution >= 4 is 27.4 Å². The molecule has 0 N–H and O–H groups in total. The molecule has 19 heavy (non-hydrogen) atoms. The Labute approximate surface area is 114 Å². The molecule has 1 aromatic carbocycles. The lowest BCUT2D eigenvalue weighted by Gasteiger charge is -2.03. The summed E-state index contributed by atoms with van der Waals surface area (Å²) in [5, 5.41) is 4.66. The van der Waals surface area contributed by atoms with Gasteiger partial charge in [0.1, 0.15) is 4.88 Å². The third-order valence-electron chi connectivity index (χ3n) is 2.73. The fourth-order valence-corrected chi connectivity index (χ4v) is 2.76. The second-order valence-corrected chi connectivity index (χ2v) is 5.09. The van der Waals surface area contributed by atoms with Crippen LogP contribution in [0.5, 0.6) is 0 Å². The van der Waals surface area contributed by atoms with E-state index in [0.717, 1.165) is 15.6 Å². The highest BCUT2D eigenvalue weighted by molar-refractivity contribution is 7.20. The van der Waals surface area contributed by atoms with E-state index in [9.17, 15) is 4.79 Å². The molecule has 0 saturated carbocycles. The van der Waals surface area contributed by atoms with Gasteiger partial charge in [-0.1, -0.05) is 24.2 Å². The third-order valence-corrected chi connectivity index (χ3v) is 3.81. The van der Waals surface area contributed by atoms with Crippen LogP contribution >= 0.6 is 11.3 Å². The standard InChI is InChI=1S/C13H13N3O2S/c1-3-18-13(17)12-7-10-5-4-9(6-11(10)19-12)8(2)15-16-14/h4-8H,3H2,1-2H3. The highest BCUT2D eigenvalue weighted by Crippen LogP contribution is 2.29. The lowest BCUT2D eigenvalue weighted by atomic mass is 10.1. The average molecular weight is 275 g/mol. The van der Waals surface area contributed by atoms with Crippen molar-refractivity contribution in [1.82, 2.24) is 0 Å². The Morgan fingerprint density at radius 3 is 3.00 bits per heavy atom. The van der Waals surface area contributed by atoms with Crippen molar-refractivity contribution < 1.29 is 9.53 Å². The Morgan fingerprint density at radius 1 is 1.53 bits per heavy atom. The molecule has 1 heterocycles. The molecule has 0 aliphatic rings. The first-order valence-corrected chi connectivity index (χ1v) is 6.72. The number of hydrogen-bond donors (Lipinski definition) is 0. The molecule has 1 unspecified atom stereocenters. The molecule has 1 aromatic heterocycles. The van der Waals surface area contributed by atoms with Gasteiger partial charge in [0.15, 0.2) is 0 Å². The number of carbonyl (C=O) groups excluding carboxylic acids is 1. The summed E-state index contributed by atoms with van der Waals surface area (Å²) in [6.07, 6.45) is 0. The molecule has 0 spiro atoms. The minimum atomic E-state index is -0.298. The van der Waals surface area contributed by atoms with Crippen molar-refractivity contribution in [3.8, 4) is 0 Å². The number of nitrogens with zero attached hydrogens (tertiary/aromatic N) is 3. The topological polar surface area (TPSA) is 75.1 Å². The van der Waals surface area contributed by atoms with E-state index in [4.69, 9.17) is 10.3 Å². The predicted octanol–water partition coefficient (Wildman–Crippen LogP) is 4.45. The van der Waals surface area contributed by atoms with Crippen LogP contribution in [0.2, 0.25) is 0 Å². The maximum atomic E-state index is 11.7. The van der Waals surface area contributed by atoms with Crippen molar-refractivity contribution in [3.63, 3.8) is 0 Å². The second-order valence-electron chi connectivity index (χ2n) is 4.01. The second kappa shape index (κ2) is 5.73. The molecule has 0 aliphatic carbocycles. The number of carbonyl (C=O) groups is 1. The number of hydrogen-bond acceptors (Lipinski definition) is 4. The lowest BCUT2D eigenvalue weighted by Crippen LogP contribution is -2.01. The van der Waals surface area contributed by atoms with Gasteiger partial charge in [-0.3, -0.25) is 0 Å². The maximum Gasteiger partial charge on any atom is 0.348 e. The highest BCUT2D eigenvalue weighted by Gasteiger charge is 2.12. The van der Waals surface area contributed by atoms with Crippen LogP contribution in [0.3, 0.4) is 0 Å². The van der Waals surface area contributed by atoms with Gasteiger partial charge in [-0.2, -0.15) is 0 Å². The first-order chi connectivity index (χ1) is 9.15. The van der Waals surface area contributed by atoms with Crippen molar-refractivity contribution in [2.75, 3.05) is 6.61 Å². The van der Waals surface area contributed by atoms with Crippen molar-refractivity contribution in [3.05, 3.63) is 45.1 Å². The van der Waals surface area contributed by atoms with E-state index in [0.29, 0.717) is 11.5 Å². The summed E-state index contributed by atoms with van der Waals surface area (Å²) in [6, 6.07) is 7.38. The summed E-state index contributed by atoms with van der Waals surface area (Å²) >= 11 is 1.39. The van der Waals surface area contributed by atoms with E-state index in [-0.39, 0.29) is 12.0 Å². The van der Waals surface area contributed by atoms with E-state index in [1.807, 2.05) is 31.2 Å². The Hall–Kier alpha value is -2.04. The SMILES string of the molecule is CCOC(=O)c1cc2ccc(C(C)N=[N+]=[N-])cc2s1. The molecular formula is C13H13N3O2S. The molecule has 98 valence electrons. The molecule has 0 radical (unpaired) electrons. The summed E-state index contributed by atoms with van der Waals surface area (Å²) in [5.41, 5.74) is 9.38. The smallest absolute Gasteiger partial charge is 0.348 e. The van der Waals surface area contributed by atoms with Gasteiger partial charge in [-0.25, -0.2) is 4.79 Å². The van der Waals surface area contributed by atoms with Crippen LogP contribution in [0.15, 0.2) is 29.4 Å². The summed E-state index contributed by atoms with van der Waals surface area (Å²) in [4.78, 5) is 15.0. The van der Waals surface area contributed by atoms with Gasteiger partial charge >= 0.3 is 5.97 Å². The molecule has 2 aromatic rings. The van der Waals surface area contributed by atoms with Crippen LogP contribution in [0.1, 0.15) is 35.1 Å².